The number of carboxylic acid groups (broad SMARTS) is 1. The van der Waals surface area contributed by atoms with E-state index in [0.29, 0.717) is 17.0 Å². The van der Waals surface area contributed by atoms with Gasteiger partial charge in [0.05, 0.1) is 22.7 Å². The molecule has 1 amide bonds. The largest absolute Gasteiger partial charge is 0.481 e. The quantitative estimate of drug-likeness (QED) is 0.237. The van der Waals surface area contributed by atoms with Gasteiger partial charge in [-0.05, 0) is 31.0 Å². The van der Waals surface area contributed by atoms with Crippen LogP contribution in [0.25, 0.3) is 4.96 Å². The van der Waals surface area contributed by atoms with Crippen molar-refractivity contribution in [1.82, 2.24) is 19.5 Å². The molecule has 2 aromatic heterocycles. The number of hydrogen-bond acceptors (Lipinski definition) is 7. The first kappa shape index (κ1) is 22.6. The van der Waals surface area contributed by atoms with Crippen molar-refractivity contribution >= 4 is 43.9 Å². The lowest BCUT2D eigenvalue weighted by Gasteiger charge is -2.07. The Kier molecular flexibility index (Phi) is 7.15. The van der Waals surface area contributed by atoms with Gasteiger partial charge in [-0.3, -0.25) is 14.0 Å². The maximum absolute atomic E-state index is 12.2. The van der Waals surface area contributed by atoms with Crippen LogP contribution in [0.15, 0.2) is 52.0 Å². The van der Waals surface area contributed by atoms with E-state index in [2.05, 4.69) is 20.2 Å². The lowest BCUT2D eigenvalue weighted by Crippen LogP contribution is -2.25. The minimum absolute atomic E-state index is 0.0393. The van der Waals surface area contributed by atoms with Gasteiger partial charge in [0.25, 0.3) is 0 Å². The zero-order valence-corrected chi connectivity index (χ0v) is 18.2. The van der Waals surface area contributed by atoms with Crippen LogP contribution >= 0.6 is 11.3 Å². The first-order valence-electron chi connectivity index (χ1n) is 9.31. The number of benzene rings is 1. The standard InChI is InChI=1S/C19H21N5O5S2/c1-13(22-23-17(25)11-15-12-24-9-10-30-19(24)21-15)14-4-6-16(7-5-14)31(28,29)20-8-2-3-18(26)27/h4-7,9-10,12,20H,2-3,8,11H2,1H3,(H,23,25)(H,26,27)/b22-13+. The molecule has 0 saturated heterocycles. The van der Waals surface area contributed by atoms with Crippen molar-refractivity contribution in [2.24, 2.45) is 5.10 Å². The van der Waals surface area contributed by atoms with Crippen molar-refractivity contribution < 1.29 is 23.1 Å². The van der Waals surface area contributed by atoms with Gasteiger partial charge in [-0.2, -0.15) is 5.10 Å². The van der Waals surface area contributed by atoms with Crippen molar-refractivity contribution in [3.63, 3.8) is 0 Å². The summed E-state index contributed by atoms with van der Waals surface area (Å²) in [6, 6.07) is 6.02. The molecular formula is C19H21N5O5S2. The molecule has 0 aliphatic heterocycles. The highest BCUT2D eigenvalue weighted by atomic mass is 32.2. The van der Waals surface area contributed by atoms with Crippen LogP contribution in [0.4, 0.5) is 0 Å². The molecular weight excluding hydrogens is 442 g/mol. The summed E-state index contributed by atoms with van der Waals surface area (Å²) < 4.78 is 28.7. The number of thiazole rings is 1. The average molecular weight is 464 g/mol. The molecule has 3 N–H and O–H groups in total. The Balaban J connectivity index is 1.55. The van der Waals surface area contributed by atoms with Gasteiger partial charge in [0.1, 0.15) is 0 Å². The molecule has 0 radical (unpaired) electrons. The molecule has 10 nitrogen and oxygen atoms in total. The molecule has 2 heterocycles. The van der Waals surface area contributed by atoms with Crippen molar-refractivity contribution in [2.45, 2.75) is 31.1 Å². The van der Waals surface area contributed by atoms with E-state index in [1.165, 1.54) is 23.5 Å². The molecule has 1 aromatic carbocycles. The van der Waals surface area contributed by atoms with Gasteiger partial charge in [0.15, 0.2) is 4.96 Å². The number of amides is 1. The van der Waals surface area contributed by atoms with E-state index in [4.69, 9.17) is 5.11 Å². The molecule has 0 aliphatic rings. The monoisotopic (exact) mass is 463 g/mol. The van der Waals surface area contributed by atoms with E-state index in [-0.39, 0.29) is 36.6 Å². The Morgan fingerprint density at radius 2 is 2.00 bits per heavy atom. The fraction of sp³-hybridized carbons (Fsp3) is 0.263. The minimum Gasteiger partial charge on any atom is -0.481 e. The number of nitrogens with one attached hydrogen (secondary N) is 2. The van der Waals surface area contributed by atoms with Crippen LogP contribution in [0, 0.1) is 0 Å². The van der Waals surface area contributed by atoms with Crippen molar-refractivity contribution in [2.75, 3.05) is 6.54 Å². The van der Waals surface area contributed by atoms with Crippen LogP contribution in [0.2, 0.25) is 0 Å². The second-order valence-electron chi connectivity index (χ2n) is 6.65. The van der Waals surface area contributed by atoms with Crippen molar-refractivity contribution in [3.8, 4) is 0 Å². The summed E-state index contributed by atoms with van der Waals surface area (Å²) in [6.07, 6.45) is 3.84. The summed E-state index contributed by atoms with van der Waals surface area (Å²) in [5, 5.41) is 14.6. The minimum atomic E-state index is -3.73. The third kappa shape index (κ3) is 6.20. The van der Waals surface area contributed by atoms with Gasteiger partial charge >= 0.3 is 5.97 Å². The molecule has 0 fully saturated rings. The highest BCUT2D eigenvalue weighted by molar-refractivity contribution is 7.89. The summed E-state index contributed by atoms with van der Waals surface area (Å²) in [5.74, 6) is -1.29. The Labute approximate surface area is 182 Å². The topological polar surface area (TPSA) is 142 Å². The number of sulfonamides is 1. The number of aliphatic carboxylic acids is 1. The number of hydrazone groups is 1. The zero-order valence-electron chi connectivity index (χ0n) is 16.6. The van der Waals surface area contributed by atoms with E-state index in [1.54, 1.807) is 25.3 Å². The molecule has 12 heteroatoms. The maximum Gasteiger partial charge on any atom is 0.303 e. The van der Waals surface area contributed by atoms with E-state index in [0.717, 1.165) is 4.96 Å². The van der Waals surface area contributed by atoms with Crippen LogP contribution in [-0.2, 0) is 26.0 Å². The molecule has 31 heavy (non-hydrogen) atoms. The molecule has 0 spiro atoms. The number of aromatic nitrogens is 2. The van der Waals surface area contributed by atoms with Crippen LogP contribution in [0.3, 0.4) is 0 Å². The Hall–Kier alpha value is -3.09. The Morgan fingerprint density at radius 3 is 2.68 bits per heavy atom. The van der Waals surface area contributed by atoms with Crippen LogP contribution < -0.4 is 10.1 Å². The van der Waals surface area contributed by atoms with Gasteiger partial charge < -0.3 is 5.11 Å². The van der Waals surface area contributed by atoms with Gasteiger partial charge in [-0.1, -0.05) is 12.1 Å². The highest BCUT2D eigenvalue weighted by Gasteiger charge is 2.14. The molecule has 0 unspecified atom stereocenters. The first-order chi connectivity index (χ1) is 14.7. The lowest BCUT2D eigenvalue weighted by molar-refractivity contribution is -0.137. The first-order valence-corrected chi connectivity index (χ1v) is 11.7. The number of carbonyl (C=O) groups excluding carboxylic acids is 1. The van der Waals surface area contributed by atoms with E-state index in [1.807, 2.05) is 16.0 Å². The maximum atomic E-state index is 12.2. The summed E-state index contributed by atoms with van der Waals surface area (Å²) in [7, 11) is -3.73. The smallest absolute Gasteiger partial charge is 0.303 e. The normalized spacial score (nSPS) is 12.2. The second-order valence-corrected chi connectivity index (χ2v) is 9.29. The fourth-order valence-electron chi connectivity index (χ4n) is 2.68. The lowest BCUT2D eigenvalue weighted by atomic mass is 10.1. The molecule has 0 atom stereocenters. The summed E-state index contributed by atoms with van der Waals surface area (Å²) >= 11 is 1.48. The molecule has 3 rings (SSSR count). The Morgan fingerprint density at radius 1 is 1.26 bits per heavy atom. The van der Waals surface area contributed by atoms with Crippen LogP contribution in [0.1, 0.15) is 31.0 Å². The van der Waals surface area contributed by atoms with Gasteiger partial charge in [-0.25, -0.2) is 23.5 Å². The molecule has 3 aromatic rings. The summed E-state index contributed by atoms with van der Waals surface area (Å²) in [6.45, 7) is 1.73. The fourth-order valence-corrected chi connectivity index (χ4v) is 4.47. The van der Waals surface area contributed by atoms with E-state index >= 15 is 0 Å². The number of fused-ring (bicyclic) bond motifs is 1. The van der Waals surface area contributed by atoms with Gasteiger partial charge in [0.2, 0.25) is 15.9 Å². The number of hydrogen-bond donors (Lipinski definition) is 3. The molecule has 0 bridgehead atoms. The van der Waals surface area contributed by atoms with Gasteiger partial charge in [0, 0.05) is 30.7 Å². The van der Waals surface area contributed by atoms with E-state index < -0.39 is 16.0 Å². The predicted molar refractivity (Wildman–Crippen MR) is 116 cm³/mol. The molecule has 0 saturated carbocycles. The summed E-state index contributed by atoms with van der Waals surface area (Å²) in [4.78, 5) is 27.8. The number of imidazole rings is 1. The third-order valence-electron chi connectivity index (χ3n) is 4.28. The second kappa shape index (κ2) is 9.81. The molecule has 164 valence electrons. The van der Waals surface area contributed by atoms with E-state index in [9.17, 15) is 18.0 Å². The van der Waals surface area contributed by atoms with Crippen LogP contribution in [-0.4, -0.2) is 47.0 Å². The molecule has 0 aliphatic carbocycles. The number of rotatable bonds is 10. The van der Waals surface area contributed by atoms with Crippen molar-refractivity contribution in [1.29, 1.82) is 0 Å². The Bertz CT molecular complexity index is 1180. The number of nitrogens with zero attached hydrogens (tertiary/aromatic N) is 3. The number of carboxylic acids is 1. The third-order valence-corrected chi connectivity index (χ3v) is 6.52. The highest BCUT2D eigenvalue weighted by Crippen LogP contribution is 2.13. The summed E-state index contributed by atoms with van der Waals surface area (Å²) in [5.41, 5.74) is 4.28. The average Bonchev–Trinajstić information content (AvgIpc) is 3.31. The number of carbonyl (C=O) groups is 2. The van der Waals surface area contributed by atoms with Crippen molar-refractivity contribution in [3.05, 3.63) is 53.3 Å². The predicted octanol–water partition coefficient (Wildman–Crippen LogP) is 1.62. The van der Waals surface area contributed by atoms with Crippen LogP contribution in [0.5, 0.6) is 0 Å². The van der Waals surface area contributed by atoms with Gasteiger partial charge in [-0.15, -0.1) is 11.3 Å². The zero-order chi connectivity index (χ0) is 22.4. The SMILES string of the molecule is C/C(=N\NC(=O)Cc1cn2ccsc2n1)c1ccc(S(=O)(=O)NCCCC(=O)O)cc1.